The number of carbonyl (C=O) groups excluding carboxylic acids is 2. The monoisotopic (exact) mass is 412 g/mol. The Kier molecular flexibility index (Phi) is 5.87. The molecule has 0 bridgehead atoms. The lowest BCUT2D eigenvalue weighted by atomic mass is 9.84. The number of ether oxygens (including phenoxy) is 3. The zero-order valence-electron chi connectivity index (χ0n) is 16.5. The van der Waals surface area contributed by atoms with Crippen LogP contribution in [0.3, 0.4) is 0 Å². The third kappa shape index (κ3) is 4.24. The van der Waals surface area contributed by atoms with Crippen LogP contribution in [0.5, 0.6) is 5.75 Å². The summed E-state index contributed by atoms with van der Waals surface area (Å²) in [7, 11) is 1.34. The molecule has 30 heavy (non-hydrogen) atoms. The number of esters is 1. The van der Waals surface area contributed by atoms with Gasteiger partial charge in [-0.3, -0.25) is 4.79 Å². The van der Waals surface area contributed by atoms with Gasteiger partial charge in [-0.2, -0.15) is 0 Å². The number of nitrogens with one attached hydrogen (secondary N) is 2. The molecule has 0 unspecified atom stereocenters. The number of methoxy groups -OCH3 is 1. The lowest BCUT2D eigenvalue weighted by molar-refractivity contribution is -0.156. The third-order valence-electron chi connectivity index (χ3n) is 5.41. The van der Waals surface area contributed by atoms with E-state index in [2.05, 4.69) is 10.6 Å². The molecule has 0 aromatic heterocycles. The van der Waals surface area contributed by atoms with Crippen LogP contribution in [0.2, 0.25) is 0 Å². The molecule has 1 saturated heterocycles. The summed E-state index contributed by atoms with van der Waals surface area (Å²) in [4.78, 5) is 24.0. The van der Waals surface area contributed by atoms with E-state index in [1.54, 1.807) is 24.3 Å². The van der Waals surface area contributed by atoms with Crippen molar-refractivity contribution in [2.24, 2.45) is 0 Å². The number of urea groups is 1. The highest BCUT2D eigenvalue weighted by molar-refractivity contribution is 5.99. The second-order valence-corrected chi connectivity index (χ2v) is 7.38. The average molecular weight is 412 g/mol. The summed E-state index contributed by atoms with van der Waals surface area (Å²) in [6.45, 7) is -0.211. The zero-order valence-corrected chi connectivity index (χ0v) is 16.5. The minimum Gasteiger partial charge on any atom is -0.487 e. The number of hydrogen-bond donors (Lipinski definition) is 3. The van der Waals surface area contributed by atoms with E-state index in [0.29, 0.717) is 23.5 Å². The smallest absolute Gasteiger partial charge is 0.323 e. The molecule has 0 aliphatic carbocycles. The van der Waals surface area contributed by atoms with E-state index in [-0.39, 0.29) is 43.2 Å². The summed E-state index contributed by atoms with van der Waals surface area (Å²) in [5.74, 6) is 0.279. The molecular weight excluding hydrogens is 388 g/mol. The summed E-state index contributed by atoms with van der Waals surface area (Å²) < 4.78 is 16.6. The Morgan fingerprint density at radius 1 is 1.13 bits per heavy atom. The van der Waals surface area contributed by atoms with Crippen LogP contribution in [-0.4, -0.2) is 49.1 Å². The molecule has 2 amide bonds. The minimum absolute atomic E-state index is 0.0560. The Balaban J connectivity index is 1.49. The molecule has 2 heterocycles. The van der Waals surface area contributed by atoms with Crippen LogP contribution >= 0.6 is 0 Å². The Morgan fingerprint density at radius 3 is 2.63 bits per heavy atom. The van der Waals surface area contributed by atoms with Crippen LogP contribution in [0, 0.1) is 0 Å². The van der Waals surface area contributed by atoms with E-state index in [1.165, 1.54) is 7.11 Å². The van der Waals surface area contributed by atoms with Crippen LogP contribution in [0.1, 0.15) is 24.3 Å². The largest absolute Gasteiger partial charge is 0.487 e. The van der Waals surface area contributed by atoms with Crippen molar-refractivity contribution in [2.75, 3.05) is 24.4 Å². The molecule has 2 aromatic rings. The Bertz CT molecular complexity index is 919. The van der Waals surface area contributed by atoms with E-state index < -0.39 is 6.10 Å². The van der Waals surface area contributed by atoms with Crippen molar-refractivity contribution in [3.8, 4) is 5.75 Å². The van der Waals surface area contributed by atoms with Crippen LogP contribution in [0.4, 0.5) is 16.2 Å². The van der Waals surface area contributed by atoms with Crippen molar-refractivity contribution in [3.05, 3.63) is 54.1 Å². The summed E-state index contributed by atoms with van der Waals surface area (Å²) in [5, 5.41) is 15.4. The van der Waals surface area contributed by atoms with Crippen molar-refractivity contribution in [1.29, 1.82) is 0 Å². The minimum atomic E-state index is -0.538. The van der Waals surface area contributed by atoms with Gasteiger partial charge in [-0.25, -0.2) is 4.79 Å². The topological polar surface area (TPSA) is 106 Å². The van der Waals surface area contributed by atoms with Gasteiger partial charge in [0.2, 0.25) is 0 Å². The molecule has 8 heteroatoms. The fourth-order valence-electron chi connectivity index (χ4n) is 4.05. The summed E-state index contributed by atoms with van der Waals surface area (Å²) in [6.07, 6.45) is -0.578. The molecular formula is C22H24N2O6. The van der Waals surface area contributed by atoms with Crippen LogP contribution < -0.4 is 15.4 Å². The van der Waals surface area contributed by atoms with E-state index in [0.717, 1.165) is 5.56 Å². The van der Waals surface area contributed by atoms with Crippen molar-refractivity contribution in [2.45, 2.75) is 37.1 Å². The van der Waals surface area contributed by atoms with Crippen LogP contribution in [-0.2, 0) is 14.3 Å². The Hall–Kier alpha value is -3.10. The third-order valence-corrected chi connectivity index (χ3v) is 5.41. The maximum absolute atomic E-state index is 12.3. The zero-order chi connectivity index (χ0) is 21.1. The van der Waals surface area contributed by atoms with E-state index in [4.69, 9.17) is 14.2 Å². The van der Waals surface area contributed by atoms with E-state index in [9.17, 15) is 14.7 Å². The summed E-state index contributed by atoms with van der Waals surface area (Å²) >= 11 is 0. The normalized spacial score (nSPS) is 24.2. The molecule has 2 aliphatic rings. The summed E-state index contributed by atoms with van der Waals surface area (Å²) in [5.41, 5.74) is 2.25. The Labute approximate surface area is 174 Å². The number of fused-ring (bicyclic) bond motifs is 3. The standard InChI is InChI=1S/C22H24N2O6/c1-28-20(26)11-15-10-17-16-9-14(24-22(27)23-13-5-3-2-4-6-13)7-8-18(16)30-21(17)19(12-25)29-15/h2-9,15,17,19,21,25H,10-12H2,1H3,(H2,23,24,27)/t15-,17+,19+,21-/m1/s1. The van der Waals surface area contributed by atoms with Crippen molar-refractivity contribution < 1.29 is 28.9 Å². The molecule has 4 atom stereocenters. The first kappa shape index (κ1) is 20.2. The molecule has 2 aliphatic heterocycles. The predicted octanol–water partition coefficient (Wildman–Crippen LogP) is 2.89. The molecule has 8 nitrogen and oxygen atoms in total. The van der Waals surface area contributed by atoms with Crippen LogP contribution in [0.15, 0.2) is 48.5 Å². The maximum Gasteiger partial charge on any atom is 0.323 e. The van der Waals surface area contributed by atoms with Gasteiger partial charge in [0.25, 0.3) is 0 Å². The van der Waals surface area contributed by atoms with Gasteiger partial charge in [-0.1, -0.05) is 18.2 Å². The molecule has 4 rings (SSSR count). The van der Waals surface area contributed by atoms with Crippen molar-refractivity contribution >= 4 is 23.4 Å². The van der Waals surface area contributed by atoms with E-state index in [1.807, 2.05) is 24.3 Å². The average Bonchev–Trinajstić information content (AvgIpc) is 3.11. The first-order valence-electron chi connectivity index (χ1n) is 9.84. The van der Waals surface area contributed by atoms with Gasteiger partial charge in [0.05, 0.1) is 26.2 Å². The predicted molar refractivity (Wildman–Crippen MR) is 110 cm³/mol. The Morgan fingerprint density at radius 2 is 1.90 bits per heavy atom. The van der Waals surface area contributed by atoms with Gasteiger partial charge in [-0.15, -0.1) is 0 Å². The molecule has 0 saturated carbocycles. The quantitative estimate of drug-likeness (QED) is 0.652. The second kappa shape index (κ2) is 8.73. The molecule has 0 radical (unpaired) electrons. The SMILES string of the molecule is COC(=O)C[C@H]1C[C@H]2c3cc(NC(=O)Nc4ccccc4)ccc3O[C@H]2[C@H](CO)O1. The van der Waals surface area contributed by atoms with Crippen molar-refractivity contribution in [3.63, 3.8) is 0 Å². The van der Waals surface area contributed by atoms with Crippen LogP contribution in [0.25, 0.3) is 0 Å². The number of amides is 2. The molecule has 3 N–H and O–H groups in total. The van der Waals surface area contributed by atoms with Gasteiger partial charge in [-0.05, 0) is 36.8 Å². The van der Waals surface area contributed by atoms with Gasteiger partial charge in [0.1, 0.15) is 18.0 Å². The number of aliphatic hydroxyl groups excluding tert-OH is 1. The number of rotatable bonds is 5. The van der Waals surface area contributed by atoms with Gasteiger partial charge in [0.15, 0.2) is 0 Å². The fourth-order valence-corrected chi connectivity index (χ4v) is 4.05. The van der Waals surface area contributed by atoms with Gasteiger partial charge >= 0.3 is 12.0 Å². The number of anilines is 2. The molecule has 158 valence electrons. The number of hydrogen-bond acceptors (Lipinski definition) is 6. The fraction of sp³-hybridized carbons (Fsp3) is 0.364. The van der Waals surface area contributed by atoms with Gasteiger partial charge < -0.3 is 30.0 Å². The number of aliphatic hydroxyl groups is 1. The highest BCUT2D eigenvalue weighted by Crippen LogP contribution is 2.47. The first-order valence-corrected chi connectivity index (χ1v) is 9.84. The summed E-state index contributed by atoms with van der Waals surface area (Å²) in [6, 6.07) is 14.3. The number of benzene rings is 2. The highest BCUT2D eigenvalue weighted by atomic mass is 16.6. The van der Waals surface area contributed by atoms with Crippen molar-refractivity contribution in [1.82, 2.24) is 0 Å². The van der Waals surface area contributed by atoms with Gasteiger partial charge in [0, 0.05) is 22.9 Å². The first-order chi connectivity index (χ1) is 14.6. The molecule has 1 fully saturated rings. The second-order valence-electron chi connectivity index (χ2n) is 7.38. The highest BCUT2D eigenvalue weighted by Gasteiger charge is 2.46. The van der Waals surface area contributed by atoms with E-state index >= 15 is 0 Å². The lowest BCUT2D eigenvalue weighted by Crippen LogP contribution is -2.46. The lowest BCUT2D eigenvalue weighted by Gasteiger charge is -2.36. The molecule has 0 spiro atoms. The molecule has 2 aromatic carbocycles. The number of carbonyl (C=O) groups is 2. The maximum atomic E-state index is 12.3. The number of para-hydroxylation sites is 1.